The second kappa shape index (κ2) is 9.36. The molecule has 1 aromatic heterocycles. The molecule has 0 aliphatic carbocycles. The van der Waals surface area contributed by atoms with E-state index in [1.54, 1.807) is 35.0 Å². The number of hydrogen-bond donors (Lipinski definition) is 1. The summed E-state index contributed by atoms with van der Waals surface area (Å²) in [6.45, 7) is 3.36. The summed E-state index contributed by atoms with van der Waals surface area (Å²) >= 11 is 0.743. The van der Waals surface area contributed by atoms with Crippen molar-refractivity contribution in [1.29, 1.82) is 0 Å². The Morgan fingerprint density at radius 3 is 2.68 bits per heavy atom. The maximum absolute atomic E-state index is 12.9. The Morgan fingerprint density at radius 2 is 1.91 bits per heavy atom. The van der Waals surface area contributed by atoms with E-state index in [2.05, 4.69) is 5.32 Å². The Labute approximate surface area is 199 Å². The normalized spacial score (nSPS) is 14.6. The van der Waals surface area contributed by atoms with Crippen LogP contribution in [-0.2, 0) is 9.59 Å². The maximum atomic E-state index is 12.9. The van der Waals surface area contributed by atoms with Crippen LogP contribution in [0, 0.1) is 24.0 Å². The number of nitro benzene ring substituents is 1. The summed E-state index contributed by atoms with van der Waals surface area (Å²) < 4.78 is 1.67. The van der Waals surface area contributed by atoms with Crippen LogP contribution in [-0.4, -0.2) is 38.0 Å². The van der Waals surface area contributed by atoms with Gasteiger partial charge in [-0.25, -0.2) is 0 Å². The maximum Gasteiger partial charge on any atom is 0.294 e. The molecule has 0 atom stereocenters. The standard InChI is InChI=1S/C24H20N4O5S/c1-15-8-9-16(2)20(11-15)25-22(29)14-27-23(30)21(34-24(27)31)13-18-7-4-10-26(18)17-5-3-6-19(12-17)28(32)33/h3-13H,14H2,1-2H3,(H,25,29)/b21-13-. The highest BCUT2D eigenvalue weighted by atomic mass is 32.2. The van der Waals surface area contributed by atoms with E-state index in [4.69, 9.17) is 0 Å². The van der Waals surface area contributed by atoms with Gasteiger partial charge in [0.2, 0.25) is 5.91 Å². The third kappa shape index (κ3) is 4.76. The quantitative estimate of drug-likeness (QED) is 0.314. The number of aryl methyl sites for hydroxylation is 2. The molecule has 172 valence electrons. The molecular formula is C24H20N4O5S. The first-order valence-electron chi connectivity index (χ1n) is 10.3. The highest BCUT2D eigenvalue weighted by molar-refractivity contribution is 8.18. The van der Waals surface area contributed by atoms with E-state index in [1.807, 2.05) is 32.0 Å². The molecule has 34 heavy (non-hydrogen) atoms. The topological polar surface area (TPSA) is 115 Å². The average molecular weight is 477 g/mol. The largest absolute Gasteiger partial charge is 0.324 e. The smallest absolute Gasteiger partial charge is 0.294 e. The molecule has 10 heteroatoms. The van der Waals surface area contributed by atoms with Crippen molar-refractivity contribution in [2.24, 2.45) is 0 Å². The summed E-state index contributed by atoms with van der Waals surface area (Å²) in [7, 11) is 0. The van der Waals surface area contributed by atoms with E-state index >= 15 is 0 Å². The van der Waals surface area contributed by atoms with Gasteiger partial charge in [-0.3, -0.25) is 29.4 Å². The zero-order valence-electron chi connectivity index (χ0n) is 18.3. The van der Waals surface area contributed by atoms with E-state index in [0.29, 0.717) is 17.1 Å². The summed E-state index contributed by atoms with van der Waals surface area (Å²) in [6.07, 6.45) is 3.24. The molecule has 0 radical (unpaired) electrons. The molecule has 0 unspecified atom stereocenters. The fourth-order valence-corrected chi connectivity index (χ4v) is 4.30. The number of carbonyl (C=O) groups excluding carboxylic acids is 3. The van der Waals surface area contributed by atoms with Crippen LogP contribution in [0.2, 0.25) is 0 Å². The monoisotopic (exact) mass is 476 g/mol. The molecule has 0 bridgehead atoms. The van der Waals surface area contributed by atoms with Crippen molar-refractivity contribution >= 4 is 46.3 Å². The van der Waals surface area contributed by atoms with Crippen LogP contribution in [0.5, 0.6) is 0 Å². The first kappa shape index (κ1) is 23.0. The van der Waals surface area contributed by atoms with Gasteiger partial charge in [0.05, 0.1) is 15.5 Å². The number of nitro groups is 1. The number of aromatic nitrogens is 1. The molecule has 2 heterocycles. The van der Waals surface area contributed by atoms with Crippen molar-refractivity contribution in [2.45, 2.75) is 13.8 Å². The molecule has 1 saturated heterocycles. The third-order valence-electron chi connectivity index (χ3n) is 5.22. The van der Waals surface area contributed by atoms with Crippen LogP contribution in [0.4, 0.5) is 16.2 Å². The van der Waals surface area contributed by atoms with E-state index in [-0.39, 0.29) is 10.6 Å². The number of anilines is 1. The minimum Gasteiger partial charge on any atom is -0.324 e. The van der Waals surface area contributed by atoms with Gasteiger partial charge in [0, 0.05) is 29.7 Å². The fourth-order valence-electron chi connectivity index (χ4n) is 3.48. The Bertz CT molecular complexity index is 1360. The van der Waals surface area contributed by atoms with Crippen molar-refractivity contribution in [2.75, 3.05) is 11.9 Å². The summed E-state index contributed by atoms with van der Waals surface area (Å²) in [5, 5.41) is 13.3. The van der Waals surface area contributed by atoms with Gasteiger partial charge in [-0.15, -0.1) is 0 Å². The molecule has 1 aliphatic rings. The van der Waals surface area contributed by atoms with Crippen LogP contribution in [0.1, 0.15) is 16.8 Å². The predicted molar refractivity (Wildman–Crippen MR) is 130 cm³/mol. The van der Waals surface area contributed by atoms with E-state index in [1.165, 1.54) is 18.2 Å². The zero-order chi connectivity index (χ0) is 24.4. The summed E-state index contributed by atoms with van der Waals surface area (Å²) in [5.41, 5.74) is 3.51. The number of rotatable bonds is 6. The number of non-ortho nitro benzene ring substituents is 1. The number of hydrogen-bond acceptors (Lipinski definition) is 6. The molecule has 4 rings (SSSR count). The molecule has 3 aromatic rings. The van der Waals surface area contributed by atoms with Crippen molar-refractivity contribution < 1.29 is 19.3 Å². The lowest BCUT2D eigenvalue weighted by molar-refractivity contribution is -0.384. The Hall–Kier alpha value is -4.18. The van der Waals surface area contributed by atoms with E-state index in [0.717, 1.165) is 27.8 Å². The van der Waals surface area contributed by atoms with Gasteiger partial charge in [0.15, 0.2) is 0 Å². The average Bonchev–Trinajstić information content (AvgIpc) is 3.36. The number of nitrogens with zero attached hydrogens (tertiary/aromatic N) is 3. The van der Waals surface area contributed by atoms with Crippen LogP contribution in [0.15, 0.2) is 65.7 Å². The lowest BCUT2D eigenvalue weighted by Crippen LogP contribution is -2.36. The van der Waals surface area contributed by atoms with Gasteiger partial charge >= 0.3 is 0 Å². The zero-order valence-corrected chi connectivity index (χ0v) is 19.2. The predicted octanol–water partition coefficient (Wildman–Crippen LogP) is 4.68. The third-order valence-corrected chi connectivity index (χ3v) is 6.13. The Kier molecular flexibility index (Phi) is 6.33. The fraction of sp³-hybridized carbons (Fsp3) is 0.125. The summed E-state index contributed by atoms with van der Waals surface area (Å²) in [6, 6.07) is 15.2. The van der Waals surface area contributed by atoms with Gasteiger partial charge in [-0.05, 0) is 67.1 Å². The number of imide groups is 1. The first-order chi connectivity index (χ1) is 16.2. The first-order valence-corrected chi connectivity index (χ1v) is 11.1. The van der Waals surface area contributed by atoms with Gasteiger partial charge in [-0.1, -0.05) is 18.2 Å². The highest BCUT2D eigenvalue weighted by Gasteiger charge is 2.36. The van der Waals surface area contributed by atoms with Gasteiger partial charge in [-0.2, -0.15) is 0 Å². The van der Waals surface area contributed by atoms with Gasteiger partial charge < -0.3 is 9.88 Å². The molecule has 1 fully saturated rings. The number of amides is 3. The number of nitrogens with one attached hydrogen (secondary N) is 1. The Morgan fingerprint density at radius 1 is 1.12 bits per heavy atom. The Balaban J connectivity index is 1.52. The lowest BCUT2D eigenvalue weighted by Gasteiger charge is -2.14. The lowest BCUT2D eigenvalue weighted by atomic mass is 10.1. The molecule has 9 nitrogen and oxygen atoms in total. The van der Waals surface area contributed by atoms with Crippen LogP contribution in [0.3, 0.4) is 0 Å². The number of benzene rings is 2. The van der Waals surface area contributed by atoms with Crippen LogP contribution < -0.4 is 5.32 Å². The summed E-state index contributed by atoms with van der Waals surface area (Å²) in [5.74, 6) is -1.05. The number of thioether (sulfide) groups is 1. The molecule has 0 saturated carbocycles. The molecule has 0 spiro atoms. The minimum atomic E-state index is -0.571. The second-order valence-electron chi connectivity index (χ2n) is 7.71. The number of carbonyl (C=O) groups is 3. The molecule has 3 amide bonds. The van der Waals surface area contributed by atoms with Gasteiger partial charge in [0.25, 0.3) is 16.8 Å². The van der Waals surface area contributed by atoms with Crippen molar-refractivity contribution in [3.05, 3.63) is 92.6 Å². The molecule has 1 N–H and O–H groups in total. The SMILES string of the molecule is Cc1ccc(C)c(NC(=O)CN2C(=O)S/C(=C\c3cccn3-c3cccc([N+](=O)[O-])c3)C2=O)c1. The van der Waals surface area contributed by atoms with Crippen LogP contribution in [0.25, 0.3) is 11.8 Å². The van der Waals surface area contributed by atoms with E-state index < -0.39 is 28.5 Å². The van der Waals surface area contributed by atoms with Crippen molar-refractivity contribution in [3.63, 3.8) is 0 Å². The van der Waals surface area contributed by atoms with E-state index in [9.17, 15) is 24.5 Å². The summed E-state index contributed by atoms with van der Waals surface area (Å²) in [4.78, 5) is 49.6. The highest BCUT2D eigenvalue weighted by Crippen LogP contribution is 2.33. The van der Waals surface area contributed by atoms with Crippen molar-refractivity contribution in [3.8, 4) is 5.69 Å². The second-order valence-corrected chi connectivity index (χ2v) is 8.71. The molecular weight excluding hydrogens is 456 g/mol. The van der Waals surface area contributed by atoms with Crippen molar-refractivity contribution in [1.82, 2.24) is 9.47 Å². The van der Waals surface area contributed by atoms with Crippen LogP contribution >= 0.6 is 11.8 Å². The van der Waals surface area contributed by atoms with Gasteiger partial charge in [0.1, 0.15) is 6.54 Å². The minimum absolute atomic E-state index is 0.0627. The molecule has 2 aromatic carbocycles. The molecule has 1 aliphatic heterocycles.